The normalized spacial score (nSPS) is 30.2. The summed E-state index contributed by atoms with van der Waals surface area (Å²) < 4.78 is 24.9. The summed E-state index contributed by atoms with van der Waals surface area (Å²) >= 11 is 16.2. The molecule has 1 saturated carbocycles. The Morgan fingerprint density at radius 3 is 2.39 bits per heavy atom. The molecule has 1 aromatic heterocycles. The summed E-state index contributed by atoms with van der Waals surface area (Å²) in [4.78, 5) is 55.2. The second-order valence-electron chi connectivity index (χ2n) is 11.9. The Bertz CT molecular complexity index is 1830. The Hall–Kier alpha value is -3.93. The van der Waals surface area contributed by atoms with Gasteiger partial charge in [0.2, 0.25) is 11.8 Å². The number of hydrogen-bond acceptors (Lipinski definition) is 8. The molecule has 9 nitrogen and oxygen atoms in total. The molecule has 0 spiro atoms. The summed E-state index contributed by atoms with van der Waals surface area (Å²) in [5.41, 5.74) is 0.624. The molecule has 3 heterocycles. The minimum atomic E-state index is -2.23. The zero-order valence-corrected chi connectivity index (χ0v) is 26.9. The number of carbonyl (C=O) groups is 4. The molecule has 4 amide bonds. The van der Waals surface area contributed by atoms with E-state index in [9.17, 15) is 28.7 Å². The number of carbonyl (C=O) groups excluding carboxylic acids is 4. The molecule has 1 N–H and O–H groups in total. The van der Waals surface area contributed by atoms with Gasteiger partial charge in [0, 0.05) is 28.5 Å². The van der Waals surface area contributed by atoms with Crippen LogP contribution in [0, 0.1) is 23.6 Å². The minimum absolute atomic E-state index is 0.0552. The summed E-state index contributed by atoms with van der Waals surface area (Å²) in [6.07, 6.45) is 1.71. The van der Waals surface area contributed by atoms with E-state index in [1.165, 1.54) is 54.7 Å². The van der Waals surface area contributed by atoms with Crippen LogP contribution in [0.4, 0.5) is 10.1 Å². The van der Waals surface area contributed by atoms with Crippen molar-refractivity contribution in [2.24, 2.45) is 17.8 Å². The Balaban J connectivity index is 1.42. The highest BCUT2D eigenvalue weighted by Crippen LogP contribution is 2.67. The average Bonchev–Trinajstić information content (AvgIpc) is 3.68. The fourth-order valence-electron chi connectivity index (χ4n) is 7.66. The van der Waals surface area contributed by atoms with E-state index in [-0.39, 0.29) is 53.8 Å². The molecular formula is C33H27Cl2FN2O7S. The molecule has 4 aliphatic rings. The lowest BCUT2D eigenvalue weighted by atomic mass is 9.56. The van der Waals surface area contributed by atoms with Crippen LogP contribution in [0.2, 0.25) is 0 Å². The van der Waals surface area contributed by atoms with E-state index >= 15 is 0 Å². The molecule has 46 heavy (non-hydrogen) atoms. The molecular weight excluding hydrogens is 658 g/mol. The maximum absolute atomic E-state index is 14.5. The molecule has 2 saturated heterocycles. The Morgan fingerprint density at radius 1 is 1.00 bits per heavy atom. The summed E-state index contributed by atoms with van der Waals surface area (Å²) in [7, 11) is 2.78. The van der Waals surface area contributed by atoms with Crippen molar-refractivity contribution in [3.63, 3.8) is 0 Å². The van der Waals surface area contributed by atoms with E-state index in [1.54, 1.807) is 6.08 Å². The number of nitrogens with zero attached hydrogens (tertiary/aromatic N) is 2. The van der Waals surface area contributed by atoms with Crippen molar-refractivity contribution in [3.05, 3.63) is 81.8 Å². The third kappa shape index (κ3) is 4.10. The maximum atomic E-state index is 14.5. The number of thiophene rings is 1. The molecule has 0 radical (unpaired) electrons. The van der Waals surface area contributed by atoms with Crippen LogP contribution in [0.15, 0.2) is 65.6 Å². The van der Waals surface area contributed by atoms with Crippen molar-refractivity contribution in [3.8, 4) is 17.2 Å². The number of rotatable bonds is 6. The van der Waals surface area contributed by atoms with E-state index < -0.39 is 57.0 Å². The van der Waals surface area contributed by atoms with Crippen LogP contribution < -0.4 is 14.4 Å². The Labute approximate surface area is 277 Å². The second-order valence-corrected chi connectivity index (χ2v) is 14.1. The molecule has 6 unspecified atom stereocenters. The van der Waals surface area contributed by atoms with Crippen molar-refractivity contribution in [2.75, 3.05) is 19.1 Å². The van der Waals surface area contributed by atoms with Crippen LogP contribution in [0.1, 0.15) is 29.2 Å². The lowest BCUT2D eigenvalue weighted by molar-refractivity contribution is -0.141. The van der Waals surface area contributed by atoms with Gasteiger partial charge < -0.3 is 14.6 Å². The Morgan fingerprint density at radius 2 is 1.74 bits per heavy atom. The molecule has 2 aliphatic heterocycles. The van der Waals surface area contributed by atoms with Gasteiger partial charge in [0.05, 0.1) is 38.3 Å². The first kappa shape index (κ1) is 30.7. The number of anilines is 1. The van der Waals surface area contributed by atoms with E-state index in [0.717, 1.165) is 21.9 Å². The number of amides is 4. The predicted molar refractivity (Wildman–Crippen MR) is 168 cm³/mol. The van der Waals surface area contributed by atoms with Gasteiger partial charge in [-0.15, -0.1) is 34.5 Å². The highest BCUT2D eigenvalue weighted by Gasteiger charge is 2.77. The molecule has 6 atom stereocenters. The van der Waals surface area contributed by atoms with Crippen LogP contribution >= 0.6 is 34.5 Å². The smallest absolute Gasteiger partial charge is 0.258 e. The molecule has 2 aromatic carbocycles. The third-order valence-electron chi connectivity index (χ3n) is 9.72. The van der Waals surface area contributed by atoms with Crippen LogP contribution in [0.3, 0.4) is 0 Å². The largest absolute Gasteiger partial charge is 0.507 e. The van der Waals surface area contributed by atoms with Gasteiger partial charge in [0.1, 0.15) is 23.1 Å². The van der Waals surface area contributed by atoms with Gasteiger partial charge in [-0.1, -0.05) is 17.7 Å². The molecule has 2 aliphatic carbocycles. The van der Waals surface area contributed by atoms with E-state index in [4.69, 9.17) is 32.7 Å². The molecule has 13 heteroatoms. The van der Waals surface area contributed by atoms with E-state index in [2.05, 4.69) is 0 Å². The highest BCUT2D eigenvalue weighted by molar-refractivity contribution is 7.09. The van der Waals surface area contributed by atoms with Crippen molar-refractivity contribution in [1.29, 1.82) is 0 Å². The van der Waals surface area contributed by atoms with Gasteiger partial charge in [-0.05, 0) is 54.5 Å². The number of imide groups is 2. The topological polar surface area (TPSA) is 113 Å². The molecule has 238 valence electrons. The zero-order chi connectivity index (χ0) is 32.7. The number of hydrogen-bond donors (Lipinski definition) is 1. The number of halogens is 3. The fraction of sp³-hybridized carbons (Fsp3) is 0.333. The lowest BCUT2D eigenvalue weighted by Crippen LogP contribution is -2.60. The van der Waals surface area contributed by atoms with Crippen LogP contribution in [0.5, 0.6) is 17.2 Å². The summed E-state index contributed by atoms with van der Waals surface area (Å²) in [6, 6.07) is 11.3. The van der Waals surface area contributed by atoms with E-state index in [0.29, 0.717) is 5.57 Å². The number of ether oxygens (including phenoxy) is 2. The Kier molecular flexibility index (Phi) is 7.22. The molecule has 0 bridgehead atoms. The van der Waals surface area contributed by atoms with Crippen molar-refractivity contribution < 1.29 is 38.1 Å². The van der Waals surface area contributed by atoms with E-state index in [1.807, 2.05) is 17.5 Å². The number of allylic oxidation sites excluding steroid dienone is 2. The first-order chi connectivity index (χ1) is 22.0. The molecule has 3 fully saturated rings. The predicted octanol–water partition coefficient (Wildman–Crippen LogP) is 5.37. The maximum Gasteiger partial charge on any atom is 0.258 e. The zero-order valence-electron chi connectivity index (χ0n) is 24.5. The minimum Gasteiger partial charge on any atom is -0.507 e. The summed E-state index contributed by atoms with van der Waals surface area (Å²) in [5.74, 6) is -6.68. The van der Waals surface area contributed by atoms with Crippen LogP contribution in [-0.4, -0.2) is 57.6 Å². The van der Waals surface area contributed by atoms with Crippen LogP contribution in [0.25, 0.3) is 0 Å². The monoisotopic (exact) mass is 684 g/mol. The number of likely N-dealkylation sites (tertiary alicyclic amines) is 1. The van der Waals surface area contributed by atoms with Crippen molar-refractivity contribution in [1.82, 2.24) is 4.90 Å². The number of benzene rings is 2. The van der Waals surface area contributed by atoms with Gasteiger partial charge in [0.25, 0.3) is 11.8 Å². The van der Waals surface area contributed by atoms with Gasteiger partial charge in [-0.3, -0.25) is 24.1 Å². The fourth-order valence-corrected chi connectivity index (χ4v) is 9.27. The highest BCUT2D eigenvalue weighted by atomic mass is 35.5. The second kappa shape index (κ2) is 10.8. The van der Waals surface area contributed by atoms with Gasteiger partial charge >= 0.3 is 0 Å². The molecule has 7 rings (SSSR count). The molecule has 3 aromatic rings. The third-order valence-corrected chi connectivity index (χ3v) is 12.0. The summed E-state index contributed by atoms with van der Waals surface area (Å²) in [5, 5.41) is 13.3. The first-order valence-electron chi connectivity index (χ1n) is 14.5. The van der Waals surface area contributed by atoms with Gasteiger partial charge in [0.15, 0.2) is 9.75 Å². The lowest BCUT2D eigenvalue weighted by Gasteiger charge is -2.50. The number of alkyl halides is 2. The van der Waals surface area contributed by atoms with Gasteiger partial charge in [-0.25, -0.2) is 9.29 Å². The number of fused-ring (bicyclic) bond motifs is 4. The number of aromatic hydroxyl groups is 1. The number of phenolic OH excluding ortho intramolecular Hbond substituents is 1. The summed E-state index contributed by atoms with van der Waals surface area (Å²) in [6.45, 7) is 0.113. The standard InChI is InChI=1S/C33H27Cl2FN2O7S/c1-44-18-12-23(39)26(24(13-18)45-2)27-20-9-10-21-25(29(41)37(28(21)40)15-19-4-3-11-46-19)22(20)14-32(34)30(42)38(31(43)33(27,32)35)17-7-5-16(36)6-8-17/h3-9,11-13,21-22,25,27,39H,10,14-15H2,1-2H3. The number of methoxy groups -OCH3 is 2. The SMILES string of the molecule is COc1cc(O)c(C2C3=CCC4C(=O)N(Cc5cccs5)C(=O)C4C3CC3(Cl)C(=O)N(c4ccc(F)cc4)C(=O)C23Cl)c(OC)c1. The quantitative estimate of drug-likeness (QED) is 0.211. The first-order valence-corrected chi connectivity index (χ1v) is 16.1. The van der Waals surface area contributed by atoms with Crippen LogP contribution in [-0.2, 0) is 25.7 Å². The van der Waals surface area contributed by atoms with Gasteiger partial charge in [-0.2, -0.15) is 0 Å². The average molecular weight is 686 g/mol. The van der Waals surface area contributed by atoms with Crippen molar-refractivity contribution >= 4 is 63.9 Å². The number of phenols is 1. The van der Waals surface area contributed by atoms with Crippen molar-refractivity contribution in [2.45, 2.75) is 35.1 Å².